The quantitative estimate of drug-likeness (QED) is 0.349. The number of carbonyl (C=O) groups is 1. The molecule has 0 saturated carbocycles. The van der Waals surface area contributed by atoms with E-state index in [2.05, 4.69) is 23.3 Å². The fourth-order valence-corrected chi connectivity index (χ4v) is 6.43. The maximum absolute atomic E-state index is 13.0. The zero-order chi connectivity index (χ0) is 23.5. The summed E-state index contributed by atoms with van der Waals surface area (Å²) in [5, 5.41) is 6.82. The van der Waals surface area contributed by atoms with E-state index in [4.69, 9.17) is 9.72 Å². The normalized spacial score (nSPS) is 15.2. The van der Waals surface area contributed by atoms with Crippen molar-refractivity contribution < 1.29 is 9.53 Å². The first-order valence-corrected chi connectivity index (χ1v) is 12.5. The number of carbonyl (C=O) groups excluding carboxylic acids is 1. The summed E-state index contributed by atoms with van der Waals surface area (Å²) < 4.78 is 8.31. The van der Waals surface area contributed by atoms with E-state index in [1.165, 1.54) is 28.7 Å². The number of rotatable bonds is 4. The Morgan fingerprint density at radius 3 is 2.70 bits per heavy atom. The number of nitrogens with zero attached hydrogens (tertiary/aromatic N) is 3. The maximum Gasteiger partial charge on any atom is 0.163 e. The highest BCUT2D eigenvalue weighted by Crippen LogP contribution is 2.47. The molecule has 1 aliphatic rings. The standard InChI is InChI=1S/C27H31N3O2S/c1-15-22(25(16(2)31)32-27(3,4)5)23(17-11-9-12-20-19(17)14-28-30(20)6)24-18-10-7-8-13-21(18)33-26(24)29-15/h9,11-12,14,25H,7-8,10,13H2,1-6H3. The van der Waals surface area contributed by atoms with Crippen molar-refractivity contribution in [2.75, 3.05) is 0 Å². The number of Topliss-reactive ketones (excluding diaryl/α,β-unsaturated/α-hetero) is 1. The summed E-state index contributed by atoms with van der Waals surface area (Å²) in [4.78, 5) is 20.6. The summed E-state index contributed by atoms with van der Waals surface area (Å²) in [5.74, 6) is -0.00196. The Morgan fingerprint density at radius 2 is 1.97 bits per heavy atom. The Balaban J connectivity index is 1.93. The fraction of sp³-hybridized carbons (Fsp3) is 0.444. The monoisotopic (exact) mass is 461 g/mol. The summed E-state index contributed by atoms with van der Waals surface area (Å²) in [6, 6.07) is 6.33. The predicted octanol–water partition coefficient (Wildman–Crippen LogP) is 6.48. The van der Waals surface area contributed by atoms with Gasteiger partial charge in [0.25, 0.3) is 0 Å². The van der Waals surface area contributed by atoms with Gasteiger partial charge in [-0.15, -0.1) is 11.3 Å². The lowest BCUT2D eigenvalue weighted by Gasteiger charge is -2.29. The molecule has 172 valence electrons. The first-order valence-electron chi connectivity index (χ1n) is 11.7. The number of ether oxygens (including phenoxy) is 1. The van der Waals surface area contributed by atoms with Gasteiger partial charge >= 0.3 is 0 Å². The second-order valence-electron chi connectivity index (χ2n) is 10.1. The van der Waals surface area contributed by atoms with Crippen molar-refractivity contribution >= 4 is 38.2 Å². The van der Waals surface area contributed by atoms with Crippen molar-refractivity contribution in [2.24, 2.45) is 7.05 Å². The fourth-order valence-electron chi connectivity index (χ4n) is 5.11. The van der Waals surface area contributed by atoms with Crippen molar-refractivity contribution in [3.8, 4) is 11.1 Å². The van der Waals surface area contributed by atoms with E-state index in [0.717, 1.165) is 51.0 Å². The number of hydrogen-bond donors (Lipinski definition) is 0. The van der Waals surface area contributed by atoms with Crippen LogP contribution >= 0.6 is 11.3 Å². The third-order valence-corrected chi connectivity index (χ3v) is 7.68. The number of benzene rings is 1. The van der Waals surface area contributed by atoms with Crippen molar-refractivity contribution in [3.63, 3.8) is 0 Å². The highest BCUT2D eigenvalue weighted by atomic mass is 32.1. The van der Waals surface area contributed by atoms with E-state index in [9.17, 15) is 4.79 Å². The van der Waals surface area contributed by atoms with Crippen molar-refractivity contribution in [1.82, 2.24) is 14.8 Å². The molecule has 0 fully saturated rings. The molecule has 4 aromatic rings. The van der Waals surface area contributed by atoms with Crippen LogP contribution in [0.5, 0.6) is 0 Å². The number of aryl methyl sites for hydroxylation is 4. The molecule has 0 spiro atoms. The maximum atomic E-state index is 13.0. The summed E-state index contributed by atoms with van der Waals surface area (Å²) in [7, 11) is 1.97. The Labute approximate surface area is 198 Å². The van der Waals surface area contributed by atoms with Gasteiger partial charge in [-0.25, -0.2) is 4.98 Å². The molecule has 0 saturated heterocycles. The van der Waals surface area contributed by atoms with E-state index in [1.807, 2.05) is 57.0 Å². The van der Waals surface area contributed by atoms with Gasteiger partial charge in [0.2, 0.25) is 0 Å². The number of pyridine rings is 1. The van der Waals surface area contributed by atoms with Crippen LogP contribution in [0.2, 0.25) is 0 Å². The van der Waals surface area contributed by atoms with Crippen LogP contribution < -0.4 is 0 Å². The van der Waals surface area contributed by atoms with Gasteiger partial charge in [-0.2, -0.15) is 5.10 Å². The van der Waals surface area contributed by atoms with Crippen LogP contribution in [0, 0.1) is 6.92 Å². The number of hydrogen-bond acceptors (Lipinski definition) is 5. The molecule has 1 aliphatic carbocycles. The molecule has 0 bridgehead atoms. The minimum Gasteiger partial charge on any atom is -0.360 e. The van der Waals surface area contributed by atoms with E-state index in [0.29, 0.717) is 0 Å². The summed E-state index contributed by atoms with van der Waals surface area (Å²) in [6.45, 7) is 9.63. The molecule has 5 rings (SSSR count). The van der Waals surface area contributed by atoms with Gasteiger partial charge in [-0.05, 0) is 77.5 Å². The molecule has 0 aliphatic heterocycles. The molecule has 1 atom stereocenters. The van der Waals surface area contributed by atoms with Crippen molar-refractivity contribution in [3.05, 3.63) is 46.1 Å². The zero-order valence-corrected chi connectivity index (χ0v) is 21.1. The second-order valence-corrected chi connectivity index (χ2v) is 11.2. The minimum atomic E-state index is -0.678. The van der Waals surface area contributed by atoms with Gasteiger partial charge in [0, 0.05) is 39.5 Å². The molecule has 1 aromatic carbocycles. The topological polar surface area (TPSA) is 57.0 Å². The van der Waals surface area contributed by atoms with Crippen LogP contribution in [-0.4, -0.2) is 26.1 Å². The molecule has 6 heteroatoms. The smallest absolute Gasteiger partial charge is 0.163 e. The molecule has 0 amide bonds. The van der Waals surface area contributed by atoms with E-state index >= 15 is 0 Å². The molecule has 3 heterocycles. The average molecular weight is 462 g/mol. The Hall–Kier alpha value is -2.57. The number of fused-ring (bicyclic) bond motifs is 4. The van der Waals surface area contributed by atoms with E-state index in [-0.39, 0.29) is 5.78 Å². The largest absolute Gasteiger partial charge is 0.360 e. The van der Waals surface area contributed by atoms with Gasteiger partial charge < -0.3 is 4.74 Å². The van der Waals surface area contributed by atoms with Gasteiger partial charge in [-0.1, -0.05) is 12.1 Å². The van der Waals surface area contributed by atoms with Gasteiger partial charge in [-0.3, -0.25) is 9.48 Å². The van der Waals surface area contributed by atoms with Crippen LogP contribution in [0.15, 0.2) is 24.4 Å². The Kier molecular flexibility index (Phi) is 5.41. The predicted molar refractivity (Wildman–Crippen MR) is 135 cm³/mol. The number of thiophene rings is 1. The van der Waals surface area contributed by atoms with E-state index < -0.39 is 11.7 Å². The lowest BCUT2D eigenvalue weighted by Crippen LogP contribution is -2.27. The third kappa shape index (κ3) is 3.79. The molecule has 1 unspecified atom stereocenters. The molecular weight excluding hydrogens is 430 g/mol. The van der Waals surface area contributed by atoms with Crippen LogP contribution in [0.25, 0.3) is 32.2 Å². The van der Waals surface area contributed by atoms with Crippen LogP contribution in [0.1, 0.15) is 68.3 Å². The highest BCUT2D eigenvalue weighted by molar-refractivity contribution is 7.19. The minimum absolute atomic E-state index is 0.00196. The van der Waals surface area contributed by atoms with Crippen molar-refractivity contribution in [1.29, 1.82) is 0 Å². The van der Waals surface area contributed by atoms with E-state index in [1.54, 1.807) is 6.92 Å². The lowest BCUT2D eigenvalue weighted by atomic mass is 9.86. The first kappa shape index (κ1) is 22.2. The third-order valence-electron chi connectivity index (χ3n) is 6.50. The highest BCUT2D eigenvalue weighted by Gasteiger charge is 2.32. The van der Waals surface area contributed by atoms with Gasteiger partial charge in [0.05, 0.1) is 17.3 Å². The zero-order valence-electron chi connectivity index (χ0n) is 20.3. The summed E-state index contributed by atoms with van der Waals surface area (Å²) in [6.07, 6.45) is 5.83. The van der Waals surface area contributed by atoms with Gasteiger partial charge in [0.15, 0.2) is 5.78 Å². The van der Waals surface area contributed by atoms with Gasteiger partial charge in [0.1, 0.15) is 10.9 Å². The number of aromatic nitrogens is 3. The molecular formula is C27H31N3O2S. The lowest BCUT2D eigenvalue weighted by molar-refractivity contribution is -0.138. The Morgan fingerprint density at radius 1 is 1.21 bits per heavy atom. The summed E-state index contributed by atoms with van der Waals surface area (Å²) in [5.41, 5.74) is 5.96. The number of ketones is 1. The molecule has 33 heavy (non-hydrogen) atoms. The average Bonchev–Trinajstić information content (AvgIpc) is 3.31. The second kappa shape index (κ2) is 8.03. The first-order chi connectivity index (χ1) is 15.7. The summed E-state index contributed by atoms with van der Waals surface area (Å²) >= 11 is 1.82. The van der Waals surface area contributed by atoms with Crippen LogP contribution in [-0.2, 0) is 29.4 Å². The molecule has 0 N–H and O–H groups in total. The molecule has 5 nitrogen and oxygen atoms in total. The van der Waals surface area contributed by atoms with Crippen molar-refractivity contribution in [2.45, 2.75) is 72.0 Å². The molecule has 3 aromatic heterocycles. The Bertz CT molecular complexity index is 1390. The SMILES string of the molecule is CC(=O)C(OC(C)(C)C)c1c(C)nc2sc3c(c2c1-c1cccc2c1cnn2C)CCCC3. The van der Waals surface area contributed by atoms with Crippen LogP contribution in [0.4, 0.5) is 0 Å². The van der Waals surface area contributed by atoms with Crippen LogP contribution in [0.3, 0.4) is 0 Å². The molecule has 0 radical (unpaired) electrons.